The number of hydrogen-bond donors (Lipinski definition) is 2. The van der Waals surface area contributed by atoms with Crippen molar-refractivity contribution in [3.05, 3.63) is 114 Å². The van der Waals surface area contributed by atoms with Gasteiger partial charge < -0.3 is 24.3 Å². The van der Waals surface area contributed by atoms with Gasteiger partial charge in [-0.05, 0) is 68.4 Å². The van der Waals surface area contributed by atoms with Crippen molar-refractivity contribution < 1.29 is 23.8 Å². The van der Waals surface area contributed by atoms with E-state index in [4.69, 9.17) is 13.9 Å². The summed E-state index contributed by atoms with van der Waals surface area (Å²) in [6.07, 6.45) is 1.57. The van der Waals surface area contributed by atoms with Crippen LogP contribution in [0.25, 0.3) is 11.0 Å². The molecule has 0 aliphatic carbocycles. The van der Waals surface area contributed by atoms with Gasteiger partial charge in [0.2, 0.25) is 5.55 Å². The zero-order valence-corrected chi connectivity index (χ0v) is 21.5. The molecule has 0 saturated carbocycles. The summed E-state index contributed by atoms with van der Waals surface area (Å²) in [4.78, 5) is 22.6. The smallest absolute Gasteiger partial charge is 0.261 e. The van der Waals surface area contributed by atoms with Gasteiger partial charge in [0.15, 0.2) is 5.58 Å². The van der Waals surface area contributed by atoms with Crippen LogP contribution in [0.15, 0.2) is 101 Å². The molecule has 3 aromatic carbocycles. The molecule has 8 heteroatoms. The van der Waals surface area contributed by atoms with Gasteiger partial charge in [-0.1, -0.05) is 30.3 Å². The molecule has 2 aromatic heterocycles. The first-order chi connectivity index (χ1) is 19.1. The maximum atomic E-state index is 13.6. The highest BCUT2D eigenvalue weighted by atomic mass is 16.5. The number of benzene rings is 3. The molecule has 2 N–H and O–H groups in total. The molecule has 0 unspecified atom stereocenters. The molecule has 0 aliphatic rings. The van der Waals surface area contributed by atoms with Gasteiger partial charge in [0.05, 0.1) is 30.3 Å². The molecule has 8 nitrogen and oxygen atoms in total. The zero-order valence-electron chi connectivity index (χ0n) is 21.5. The van der Waals surface area contributed by atoms with Crippen LogP contribution in [0.5, 0.6) is 17.2 Å². The molecule has 5 rings (SSSR count). The molecular weight excluding hydrogens is 494 g/mol. The highest BCUT2D eigenvalue weighted by Gasteiger charge is 2.18. The molecular formula is C31H27N3O5. The number of hydrogen-bond acceptors (Lipinski definition) is 7. The molecule has 0 spiro atoms. The number of amides is 1. The Bertz CT molecular complexity index is 1680. The number of aliphatic hydroxyl groups excluding tert-OH is 1. The Morgan fingerprint density at radius 1 is 1.00 bits per heavy atom. The van der Waals surface area contributed by atoms with Crippen LogP contribution in [-0.4, -0.2) is 22.6 Å². The van der Waals surface area contributed by atoms with Crippen molar-refractivity contribution in [1.29, 1.82) is 0 Å². The first-order valence-corrected chi connectivity index (χ1v) is 12.5. The van der Waals surface area contributed by atoms with E-state index >= 15 is 0 Å². The van der Waals surface area contributed by atoms with Gasteiger partial charge in [0.25, 0.3) is 5.91 Å². The van der Waals surface area contributed by atoms with Gasteiger partial charge in [-0.15, -0.1) is 0 Å². The average Bonchev–Trinajstić information content (AvgIpc) is 2.96. The predicted octanol–water partition coefficient (Wildman–Crippen LogP) is 6.30. The van der Waals surface area contributed by atoms with Crippen LogP contribution in [0.3, 0.4) is 0 Å². The fourth-order valence-electron chi connectivity index (χ4n) is 4.03. The molecule has 0 bridgehead atoms. The Kier molecular flexibility index (Phi) is 7.65. The first kappa shape index (κ1) is 25.7. The highest BCUT2D eigenvalue weighted by Crippen LogP contribution is 2.27. The molecule has 0 aliphatic heterocycles. The number of carbonyl (C=O) groups is 1. The summed E-state index contributed by atoms with van der Waals surface area (Å²) in [6.45, 7) is 3.87. The van der Waals surface area contributed by atoms with Gasteiger partial charge in [-0.3, -0.25) is 9.78 Å². The van der Waals surface area contributed by atoms with Crippen LogP contribution in [0.2, 0.25) is 0 Å². The van der Waals surface area contributed by atoms with Crippen LogP contribution in [0.4, 0.5) is 11.4 Å². The molecule has 1 amide bonds. The van der Waals surface area contributed by atoms with Crippen molar-refractivity contribution >= 4 is 28.3 Å². The van der Waals surface area contributed by atoms with Gasteiger partial charge in [-0.2, -0.15) is 0 Å². The molecule has 2 heterocycles. The third-order valence-electron chi connectivity index (χ3n) is 5.95. The van der Waals surface area contributed by atoms with E-state index < -0.39 is 5.91 Å². The van der Waals surface area contributed by atoms with E-state index in [0.717, 1.165) is 5.75 Å². The number of nitrogens with one attached hydrogen (secondary N) is 1. The molecule has 0 saturated heterocycles. The largest absolute Gasteiger partial charge is 0.492 e. The number of aromatic nitrogens is 1. The Morgan fingerprint density at radius 3 is 2.46 bits per heavy atom. The molecule has 196 valence electrons. The van der Waals surface area contributed by atoms with E-state index in [0.29, 0.717) is 51.7 Å². The number of fused-ring (bicyclic) bond motifs is 1. The minimum atomic E-state index is -0.436. The minimum Gasteiger partial charge on any atom is -0.492 e. The monoisotopic (exact) mass is 521 g/mol. The minimum absolute atomic E-state index is 0.102. The number of para-hydroxylation sites is 3. The topological polar surface area (TPSA) is 106 Å². The number of aryl methyl sites for hydroxylation is 1. The van der Waals surface area contributed by atoms with E-state index in [1.54, 1.807) is 55.6 Å². The summed E-state index contributed by atoms with van der Waals surface area (Å²) >= 11 is 0. The normalized spacial score (nSPS) is 11.4. The lowest BCUT2D eigenvalue weighted by atomic mass is 10.1. The summed E-state index contributed by atoms with van der Waals surface area (Å²) in [5.41, 5.74) is 2.97. The highest BCUT2D eigenvalue weighted by molar-refractivity contribution is 6.06. The van der Waals surface area contributed by atoms with Crippen LogP contribution in [-0.2, 0) is 6.61 Å². The van der Waals surface area contributed by atoms with Gasteiger partial charge >= 0.3 is 0 Å². The summed E-state index contributed by atoms with van der Waals surface area (Å²) < 4.78 is 17.7. The van der Waals surface area contributed by atoms with Gasteiger partial charge in [0.1, 0.15) is 22.8 Å². The molecule has 0 fully saturated rings. The number of anilines is 1. The maximum absolute atomic E-state index is 13.6. The summed E-state index contributed by atoms with van der Waals surface area (Å²) in [6, 6.07) is 25.5. The number of ether oxygens (including phenoxy) is 2. The Hall–Kier alpha value is -4.95. The standard InChI is InChI=1S/C31H27N3O5/c1-3-37-28-12-8-7-11-27(28)34-30(36)26-17-25-21(19-35)18-32-20(2)29(25)39-31(26)33-22-13-15-24(16-14-22)38-23-9-5-4-6-10-23/h4-18,35H,3,19H2,1-2H3,(H,34,36). The van der Waals surface area contributed by atoms with E-state index in [2.05, 4.69) is 15.3 Å². The number of nitrogens with zero attached hydrogens (tertiary/aromatic N) is 2. The lowest BCUT2D eigenvalue weighted by molar-refractivity contribution is 0.102. The summed E-state index contributed by atoms with van der Waals surface area (Å²) in [5.74, 6) is 1.48. The second kappa shape index (κ2) is 11.6. The Labute approximate surface area is 225 Å². The van der Waals surface area contributed by atoms with Crippen LogP contribution in [0.1, 0.15) is 28.5 Å². The number of carbonyl (C=O) groups excluding carboxylic acids is 1. The molecule has 5 aromatic rings. The fraction of sp³-hybridized carbons (Fsp3) is 0.129. The molecule has 39 heavy (non-hydrogen) atoms. The summed E-state index contributed by atoms with van der Waals surface area (Å²) in [7, 11) is 0. The van der Waals surface area contributed by atoms with Gasteiger partial charge in [-0.25, -0.2) is 4.99 Å². The van der Waals surface area contributed by atoms with Crippen molar-refractivity contribution in [3.8, 4) is 17.2 Å². The Morgan fingerprint density at radius 2 is 1.72 bits per heavy atom. The quantitative estimate of drug-likeness (QED) is 0.248. The van der Waals surface area contributed by atoms with Crippen LogP contribution >= 0.6 is 0 Å². The lowest BCUT2D eigenvalue weighted by Crippen LogP contribution is -2.22. The van der Waals surface area contributed by atoms with Crippen molar-refractivity contribution in [1.82, 2.24) is 4.98 Å². The van der Waals surface area contributed by atoms with E-state index in [9.17, 15) is 9.90 Å². The van der Waals surface area contributed by atoms with Gasteiger partial charge in [0, 0.05) is 17.1 Å². The third-order valence-corrected chi connectivity index (χ3v) is 5.95. The second-order valence-corrected chi connectivity index (χ2v) is 8.64. The van der Waals surface area contributed by atoms with Crippen molar-refractivity contribution in [3.63, 3.8) is 0 Å². The number of rotatable bonds is 8. The van der Waals surface area contributed by atoms with Crippen LogP contribution < -0.4 is 20.3 Å². The zero-order chi connectivity index (χ0) is 27.2. The second-order valence-electron chi connectivity index (χ2n) is 8.64. The maximum Gasteiger partial charge on any atom is 0.261 e. The van der Waals surface area contributed by atoms with Crippen molar-refractivity contribution in [2.75, 3.05) is 11.9 Å². The van der Waals surface area contributed by atoms with Crippen molar-refractivity contribution in [2.45, 2.75) is 20.5 Å². The molecule has 0 radical (unpaired) electrons. The SMILES string of the molecule is CCOc1ccccc1NC(=O)c1cc2c(CO)cnc(C)c2oc1=Nc1ccc(Oc2ccccc2)cc1. The third kappa shape index (κ3) is 5.81. The predicted molar refractivity (Wildman–Crippen MR) is 148 cm³/mol. The van der Waals surface area contributed by atoms with E-state index in [1.165, 1.54) is 0 Å². The number of aliphatic hydroxyl groups is 1. The van der Waals surface area contributed by atoms with E-state index in [1.807, 2.05) is 49.4 Å². The average molecular weight is 522 g/mol. The fourth-order valence-corrected chi connectivity index (χ4v) is 4.03. The first-order valence-electron chi connectivity index (χ1n) is 12.5. The van der Waals surface area contributed by atoms with Crippen LogP contribution in [0, 0.1) is 6.92 Å². The van der Waals surface area contributed by atoms with E-state index in [-0.39, 0.29) is 17.7 Å². The Balaban J connectivity index is 1.58. The summed E-state index contributed by atoms with van der Waals surface area (Å²) in [5, 5.41) is 13.4. The molecule has 0 atom stereocenters. The number of pyridine rings is 1. The lowest BCUT2D eigenvalue weighted by Gasteiger charge is -2.12. The van der Waals surface area contributed by atoms with Crippen molar-refractivity contribution in [2.24, 2.45) is 4.99 Å².